The van der Waals surface area contributed by atoms with Crippen molar-refractivity contribution in [2.24, 2.45) is 11.8 Å². The molecule has 3 heteroatoms. The molecule has 200 valence electrons. The lowest BCUT2D eigenvalue weighted by atomic mass is 9.68. The number of ether oxygens (including phenoxy) is 1. The predicted molar refractivity (Wildman–Crippen MR) is 171 cm³/mol. The molecule has 2 fully saturated rings. The van der Waals surface area contributed by atoms with Crippen molar-refractivity contribution in [3.8, 4) is 0 Å². The maximum absolute atomic E-state index is 6.93. The second-order valence-electron chi connectivity index (χ2n) is 12.2. The maximum Gasteiger partial charge on any atom is 0.0620 e. The van der Waals surface area contributed by atoms with Crippen LogP contribution in [0, 0.1) is 11.8 Å². The summed E-state index contributed by atoms with van der Waals surface area (Å²) in [5.74, 6) is 0.963. The molecule has 0 amide bonds. The molecule has 0 N–H and O–H groups in total. The van der Waals surface area contributed by atoms with E-state index in [2.05, 4.69) is 149 Å². The molecular weight excluding hydrogens is 510 g/mol. The summed E-state index contributed by atoms with van der Waals surface area (Å²) in [5, 5.41) is 6.00. The monoisotopic (exact) mass is 550 g/mol. The average Bonchev–Trinajstić information content (AvgIpc) is 3.58. The Kier molecular flexibility index (Phi) is 7.54. The molecule has 2 aliphatic rings. The lowest BCUT2D eigenvalue weighted by Crippen LogP contribution is -2.52. The highest BCUT2D eigenvalue weighted by atomic mass is 31.1. The summed E-state index contributed by atoms with van der Waals surface area (Å²) < 4.78 is 6.93. The second kappa shape index (κ2) is 10.9. The highest BCUT2D eigenvalue weighted by molar-refractivity contribution is 7.75. The zero-order chi connectivity index (χ0) is 27.0. The predicted octanol–water partition coefficient (Wildman–Crippen LogP) is 7.60. The molecule has 4 aromatic carbocycles. The molecule has 4 unspecified atom stereocenters. The summed E-state index contributed by atoms with van der Waals surface area (Å²) in [6, 6.07) is 45.2. The van der Waals surface area contributed by atoms with Gasteiger partial charge in [0.05, 0.1) is 12.2 Å². The van der Waals surface area contributed by atoms with Gasteiger partial charge in [0.25, 0.3) is 0 Å². The van der Waals surface area contributed by atoms with Crippen LogP contribution in [0.2, 0.25) is 0 Å². The van der Waals surface area contributed by atoms with Gasteiger partial charge in [-0.2, -0.15) is 0 Å². The van der Waals surface area contributed by atoms with Gasteiger partial charge in [-0.15, -0.1) is 0 Å². The highest BCUT2D eigenvalue weighted by Crippen LogP contribution is 2.66. The van der Waals surface area contributed by atoms with E-state index >= 15 is 0 Å². The van der Waals surface area contributed by atoms with Crippen molar-refractivity contribution in [2.75, 3.05) is 0 Å². The van der Waals surface area contributed by atoms with Crippen LogP contribution in [0.4, 0.5) is 0 Å². The molecule has 39 heavy (non-hydrogen) atoms. The Morgan fingerprint density at radius 1 is 0.462 bits per heavy atom. The average molecular weight is 551 g/mol. The Hall–Kier alpha value is -2.30. The quantitative estimate of drug-likeness (QED) is 0.205. The first-order valence-corrected chi connectivity index (χ1v) is 17.0. The largest absolute Gasteiger partial charge is 0.374 e. The van der Waals surface area contributed by atoms with Crippen LogP contribution in [-0.2, 0) is 4.74 Å². The van der Waals surface area contributed by atoms with Crippen LogP contribution in [0.1, 0.15) is 40.5 Å². The molecule has 0 spiro atoms. The fourth-order valence-corrected chi connectivity index (χ4v) is 14.1. The Morgan fingerprint density at radius 2 is 0.718 bits per heavy atom. The minimum Gasteiger partial charge on any atom is -0.374 e. The van der Waals surface area contributed by atoms with Crippen LogP contribution in [0.3, 0.4) is 0 Å². The van der Waals surface area contributed by atoms with Gasteiger partial charge in [-0.05, 0) is 60.2 Å². The third-order valence-electron chi connectivity index (χ3n) is 9.11. The smallest absolute Gasteiger partial charge is 0.0620 e. The van der Waals surface area contributed by atoms with Gasteiger partial charge in [-0.25, -0.2) is 0 Å². The molecule has 4 atom stereocenters. The normalized spacial score (nSPS) is 23.0. The SMILES string of the molecule is CC(C)(C1C2CCC(O2)C1C(C)(C)P(c1ccccc1)c1ccccc1)P(c1ccccc1)c1ccccc1. The Labute approximate surface area is 237 Å². The van der Waals surface area contributed by atoms with Crippen LogP contribution >= 0.6 is 15.8 Å². The topological polar surface area (TPSA) is 9.23 Å². The van der Waals surface area contributed by atoms with Gasteiger partial charge in [0.1, 0.15) is 0 Å². The van der Waals surface area contributed by atoms with E-state index in [1.165, 1.54) is 34.1 Å². The number of rotatable bonds is 8. The van der Waals surface area contributed by atoms with Crippen LogP contribution in [0.25, 0.3) is 0 Å². The fourth-order valence-electron chi connectivity index (χ4n) is 7.70. The number of benzene rings is 4. The first-order valence-electron chi connectivity index (χ1n) is 14.3. The van der Waals surface area contributed by atoms with Crippen LogP contribution < -0.4 is 21.2 Å². The number of hydrogen-bond acceptors (Lipinski definition) is 1. The molecule has 0 aliphatic carbocycles. The van der Waals surface area contributed by atoms with E-state index in [-0.39, 0.29) is 10.3 Å². The lowest BCUT2D eigenvalue weighted by molar-refractivity contribution is 0.0826. The van der Waals surface area contributed by atoms with E-state index in [1.54, 1.807) is 0 Å². The van der Waals surface area contributed by atoms with Crippen molar-refractivity contribution in [3.63, 3.8) is 0 Å². The molecule has 0 radical (unpaired) electrons. The van der Waals surface area contributed by atoms with Crippen molar-refractivity contribution >= 4 is 37.1 Å². The van der Waals surface area contributed by atoms with Gasteiger partial charge in [-0.3, -0.25) is 0 Å². The second-order valence-corrected chi connectivity index (χ2v) is 17.9. The molecule has 2 heterocycles. The number of hydrogen-bond donors (Lipinski definition) is 0. The molecule has 6 rings (SSSR count). The molecule has 0 saturated carbocycles. The molecule has 1 nitrogen and oxygen atoms in total. The lowest BCUT2D eigenvalue weighted by Gasteiger charge is -2.52. The summed E-state index contributed by atoms with van der Waals surface area (Å²) >= 11 is 0. The Balaban J connectivity index is 1.48. The molecule has 4 aromatic rings. The summed E-state index contributed by atoms with van der Waals surface area (Å²) in [7, 11) is -1.18. The Bertz CT molecular complexity index is 1170. The standard InChI is InChI=1S/C36H40OP2/c1-35(2,38(27-17-9-5-10-18-27)28-19-11-6-12-20-28)33-31-25-26-32(37-31)34(33)36(3,4)39(29-21-13-7-14-22-29)30-23-15-8-16-24-30/h5-24,31-34H,25-26H2,1-4H3. The molecular formula is C36H40OP2. The van der Waals surface area contributed by atoms with Crippen LogP contribution in [0.15, 0.2) is 121 Å². The van der Waals surface area contributed by atoms with Crippen molar-refractivity contribution in [1.29, 1.82) is 0 Å². The van der Waals surface area contributed by atoms with Gasteiger partial charge < -0.3 is 4.74 Å². The van der Waals surface area contributed by atoms with E-state index in [1.807, 2.05) is 0 Å². The van der Waals surface area contributed by atoms with Gasteiger partial charge in [0, 0.05) is 11.8 Å². The zero-order valence-electron chi connectivity index (χ0n) is 23.6. The zero-order valence-corrected chi connectivity index (χ0v) is 25.4. The van der Waals surface area contributed by atoms with Crippen molar-refractivity contribution in [2.45, 2.75) is 63.1 Å². The van der Waals surface area contributed by atoms with E-state index in [0.29, 0.717) is 24.0 Å². The van der Waals surface area contributed by atoms with Crippen LogP contribution in [-0.4, -0.2) is 22.5 Å². The van der Waals surface area contributed by atoms with Crippen molar-refractivity contribution < 1.29 is 4.74 Å². The molecule has 0 aromatic heterocycles. The van der Waals surface area contributed by atoms with Crippen molar-refractivity contribution in [1.82, 2.24) is 0 Å². The van der Waals surface area contributed by atoms with E-state index in [9.17, 15) is 0 Å². The minimum absolute atomic E-state index is 0.0637. The van der Waals surface area contributed by atoms with Gasteiger partial charge in [0.2, 0.25) is 0 Å². The van der Waals surface area contributed by atoms with E-state index in [4.69, 9.17) is 4.74 Å². The summed E-state index contributed by atoms with van der Waals surface area (Å²) in [6.07, 6.45) is 3.03. The summed E-state index contributed by atoms with van der Waals surface area (Å²) in [5.41, 5.74) is 0. The fraction of sp³-hybridized carbons (Fsp3) is 0.333. The summed E-state index contributed by atoms with van der Waals surface area (Å²) in [4.78, 5) is 0. The maximum atomic E-state index is 6.93. The molecule has 2 aliphatic heterocycles. The molecule has 2 saturated heterocycles. The first-order chi connectivity index (χ1) is 18.9. The van der Waals surface area contributed by atoms with E-state index < -0.39 is 15.8 Å². The van der Waals surface area contributed by atoms with Crippen LogP contribution in [0.5, 0.6) is 0 Å². The number of fused-ring (bicyclic) bond motifs is 2. The minimum atomic E-state index is -0.591. The van der Waals surface area contributed by atoms with Crippen molar-refractivity contribution in [3.05, 3.63) is 121 Å². The first kappa shape index (κ1) is 26.9. The molecule has 2 bridgehead atoms. The Morgan fingerprint density at radius 3 is 0.974 bits per heavy atom. The van der Waals surface area contributed by atoms with Gasteiger partial charge >= 0.3 is 0 Å². The summed E-state index contributed by atoms with van der Waals surface area (Å²) in [6.45, 7) is 10.2. The van der Waals surface area contributed by atoms with Gasteiger partial charge in [-0.1, -0.05) is 149 Å². The highest BCUT2D eigenvalue weighted by Gasteiger charge is 2.62. The van der Waals surface area contributed by atoms with E-state index in [0.717, 1.165) is 0 Å². The van der Waals surface area contributed by atoms with Gasteiger partial charge in [0.15, 0.2) is 0 Å². The third kappa shape index (κ3) is 4.93. The third-order valence-corrected chi connectivity index (χ3v) is 15.3.